The molecule has 4 heteroatoms. The first kappa shape index (κ1) is 19.3. The molecular formula is C22H34O3Si. The molecule has 0 radical (unpaired) electrons. The molecule has 0 saturated heterocycles. The van der Waals surface area contributed by atoms with E-state index in [9.17, 15) is 0 Å². The fraction of sp³-hybridized carbons (Fsp3) is 0.636. The van der Waals surface area contributed by atoms with Crippen LogP contribution in [0.5, 0.6) is 0 Å². The lowest BCUT2D eigenvalue weighted by molar-refractivity contribution is -0.170. The van der Waals surface area contributed by atoms with E-state index in [0.29, 0.717) is 23.9 Å². The Balaban J connectivity index is 1.64. The summed E-state index contributed by atoms with van der Waals surface area (Å²) in [5.41, 5.74) is 1.61. The molecule has 26 heavy (non-hydrogen) atoms. The van der Waals surface area contributed by atoms with Gasteiger partial charge < -0.3 is 13.9 Å². The second-order valence-corrected chi connectivity index (χ2v) is 14.0. The predicted molar refractivity (Wildman–Crippen MR) is 108 cm³/mol. The molecule has 4 atom stereocenters. The molecule has 4 rings (SSSR count). The molecule has 0 unspecified atom stereocenters. The molecule has 3 aliphatic rings. The van der Waals surface area contributed by atoms with Crippen molar-refractivity contribution in [2.45, 2.75) is 66.0 Å². The quantitative estimate of drug-likeness (QED) is 0.436. The van der Waals surface area contributed by atoms with Crippen molar-refractivity contribution < 1.29 is 13.9 Å². The number of benzene rings is 1. The Morgan fingerprint density at radius 2 is 1.85 bits per heavy atom. The standard InChI is InChI=1S/C22H34O3Si/c1-16-19-12-18(22(19,2)3)13-20(16)24-21(25-26(4,5)6)15-23-14-17-10-8-7-9-11-17/h7-11,15-16,18-20H,12-14H2,1-6H3/b21-15-/t16-,18+,19-,20-/m1/s1. The molecule has 1 aromatic carbocycles. The zero-order valence-corrected chi connectivity index (χ0v) is 18.1. The average molecular weight is 375 g/mol. The molecule has 0 spiro atoms. The van der Waals surface area contributed by atoms with E-state index in [-0.39, 0.29) is 6.10 Å². The molecule has 3 nitrogen and oxygen atoms in total. The largest absolute Gasteiger partial charge is 0.518 e. The van der Waals surface area contributed by atoms with Crippen molar-refractivity contribution in [1.82, 2.24) is 0 Å². The highest BCUT2D eigenvalue weighted by Crippen LogP contribution is 2.61. The molecule has 3 saturated carbocycles. The summed E-state index contributed by atoms with van der Waals surface area (Å²) in [5.74, 6) is 2.64. The lowest BCUT2D eigenvalue weighted by atomic mass is 9.45. The third-order valence-electron chi connectivity index (χ3n) is 6.23. The highest BCUT2D eigenvalue weighted by molar-refractivity contribution is 6.69. The van der Waals surface area contributed by atoms with Crippen LogP contribution in [0.3, 0.4) is 0 Å². The fourth-order valence-corrected chi connectivity index (χ4v) is 5.26. The SMILES string of the molecule is C[C@@H]1[C@H]2C[C@@H](C[C@H]1O/C(=C/OCc1ccccc1)O[Si](C)(C)C)C2(C)C. The van der Waals surface area contributed by atoms with Gasteiger partial charge >= 0.3 is 5.95 Å². The van der Waals surface area contributed by atoms with Gasteiger partial charge in [0.15, 0.2) is 6.26 Å². The zero-order chi connectivity index (χ0) is 18.9. The van der Waals surface area contributed by atoms with Crippen LogP contribution in [0.1, 0.15) is 39.2 Å². The molecule has 3 fully saturated rings. The van der Waals surface area contributed by atoms with E-state index < -0.39 is 8.32 Å². The van der Waals surface area contributed by atoms with Gasteiger partial charge in [-0.1, -0.05) is 51.1 Å². The minimum atomic E-state index is -1.76. The first-order chi connectivity index (χ1) is 12.2. The lowest BCUT2D eigenvalue weighted by Gasteiger charge is -2.61. The van der Waals surface area contributed by atoms with Gasteiger partial charge in [-0.3, -0.25) is 0 Å². The van der Waals surface area contributed by atoms with E-state index in [4.69, 9.17) is 13.9 Å². The van der Waals surface area contributed by atoms with Crippen LogP contribution in [-0.4, -0.2) is 14.4 Å². The van der Waals surface area contributed by atoms with E-state index in [2.05, 4.69) is 52.5 Å². The number of ether oxygens (including phenoxy) is 2. The number of fused-ring (bicyclic) bond motifs is 2. The third kappa shape index (κ3) is 4.28. The van der Waals surface area contributed by atoms with Crippen LogP contribution >= 0.6 is 0 Å². The Morgan fingerprint density at radius 3 is 2.42 bits per heavy atom. The third-order valence-corrected chi connectivity index (χ3v) is 7.04. The van der Waals surface area contributed by atoms with Gasteiger partial charge in [-0.25, -0.2) is 0 Å². The van der Waals surface area contributed by atoms with E-state index in [0.717, 1.165) is 23.8 Å². The Labute approximate surface area is 159 Å². The Hall–Kier alpha value is -1.42. The topological polar surface area (TPSA) is 27.7 Å². The van der Waals surface area contributed by atoms with Crippen LogP contribution < -0.4 is 0 Å². The summed E-state index contributed by atoms with van der Waals surface area (Å²) >= 11 is 0. The van der Waals surface area contributed by atoms with Crippen molar-refractivity contribution >= 4 is 8.32 Å². The normalized spacial score (nSPS) is 30.3. The Morgan fingerprint density at radius 1 is 1.15 bits per heavy atom. The second-order valence-electron chi connectivity index (χ2n) is 9.56. The highest BCUT2D eigenvalue weighted by Gasteiger charge is 2.57. The van der Waals surface area contributed by atoms with Crippen LogP contribution in [-0.2, 0) is 20.5 Å². The van der Waals surface area contributed by atoms with Crippen LogP contribution in [0.15, 0.2) is 42.5 Å². The van der Waals surface area contributed by atoms with Gasteiger partial charge in [0.05, 0.1) is 0 Å². The summed E-state index contributed by atoms with van der Waals surface area (Å²) in [6.45, 7) is 14.2. The van der Waals surface area contributed by atoms with Crippen LogP contribution in [0.2, 0.25) is 19.6 Å². The maximum Gasteiger partial charge on any atom is 0.302 e. The molecule has 0 N–H and O–H groups in total. The summed E-state index contributed by atoms with van der Waals surface area (Å²) < 4.78 is 18.3. The molecule has 0 amide bonds. The highest BCUT2D eigenvalue weighted by atomic mass is 28.4. The maximum absolute atomic E-state index is 6.36. The fourth-order valence-electron chi connectivity index (χ4n) is 4.57. The van der Waals surface area contributed by atoms with Gasteiger partial charge in [-0.05, 0) is 61.2 Å². The van der Waals surface area contributed by atoms with Crippen molar-refractivity contribution in [2.75, 3.05) is 0 Å². The van der Waals surface area contributed by atoms with Gasteiger partial charge in [0.2, 0.25) is 8.32 Å². The van der Waals surface area contributed by atoms with E-state index in [1.54, 1.807) is 6.26 Å². The summed E-state index contributed by atoms with van der Waals surface area (Å²) in [6.07, 6.45) is 4.39. The van der Waals surface area contributed by atoms with Gasteiger partial charge in [0.1, 0.15) is 12.7 Å². The predicted octanol–water partition coefficient (Wildman–Crippen LogP) is 5.94. The summed E-state index contributed by atoms with van der Waals surface area (Å²) in [5, 5.41) is 0. The Bertz CT molecular complexity index is 633. The monoisotopic (exact) mass is 374 g/mol. The van der Waals surface area contributed by atoms with Crippen molar-refractivity contribution in [1.29, 1.82) is 0 Å². The first-order valence-electron chi connectivity index (χ1n) is 9.88. The lowest BCUT2D eigenvalue weighted by Crippen LogP contribution is -2.57. The molecular weight excluding hydrogens is 340 g/mol. The summed E-state index contributed by atoms with van der Waals surface area (Å²) in [6, 6.07) is 10.2. The van der Waals surface area contributed by atoms with Crippen molar-refractivity contribution in [2.24, 2.45) is 23.2 Å². The van der Waals surface area contributed by atoms with Crippen molar-refractivity contribution in [3.8, 4) is 0 Å². The summed E-state index contributed by atoms with van der Waals surface area (Å²) in [4.78, 5) is 0. The van der Waals surface area contributed by atoms with E-state index >= 15 is 0 Å². The minimum absolute atomic E-state index is 0.231. The van der Waals surface area contributed by atoms with Crippen molar-refractivity contribution in [3.05, 3.63) is 48.1 Å². The molecule has 1 aromatic rings. The number of hydrogen-bond donors (Lipinski definition) is 0. The average Bonchev–Trinajstić information content (AvgIpc) is 2.55. The van der Waals surface area contributed by atoms with Crippen LogP contribution in [0.25, 0.3) is 0 Å². The molecule has 3 aliphatic carbocycles. The molecule has 0 heterocycles. The molecule has 0 aliphatic heterocycles. The molecule has 0 aromatic heterocycles. The van der Waals surface area contributed by atoms with Crippen molar-refractivity contribution in [3.63, 3.8) is 0 Å². The van der Waals surface area contributed by atoms with Crippen LogP contribution in [0, 0.1) is 23.2 Å². The molecule has 2 bridgehead atoms. The minimum Gasteiger partial charge on any atom is -0.518 e. The summed E-state index contributed by atoms with van der Waals surface area (Å²) in [7, 11) is -1.76. The molecule has 144 valence electrons. The first-order valence-corrected chi connectivity index (χ1v) is 13.3. The van der Waals surface area contributed by atoms with Gasteiger partial charge in [0.25, 0.3) is 0 Å². The zero-order valence-electron chi connectivity index (χ0n) is 17.1. The van der Waals surface area contributed by atoms with Gasteiger partial charge in [-0.15, -0.1) is 0 Å². The Kier molecular flexibility index (Phi) is 5.43. The maximum atomic E-state index is 6.36. The van der Waals surface area contributed by atoms with Gasteiger partial charge in [-0.2, -0.15) is 0 Å². The van der Waals surface area contributed by atoms with E-state index in [1.807, 2.05) is 18.2 Å². The van der Waals surface area contributed by atoms with Crippen LogP contribution in [0.4, 0.5) is 0 Å². The smallest absolute Gasteiger partial charge is 0.302 e. The number of rotatable bonds is 7. The second kappa shape index (κ2) is 7.30. The van der Waals surface area contributed by atoms with E-state index in [1.165, 1.54) is 6.42 Å². The number of hydrogen-bond acceptors (Lipinski definition) is 3. The van der Waals surface area contributed by atoms with Gasteiger partial charge in [0, 0.05) is 0 Å².